The quantitative estimate of drug-likeness (QED) is 0.752. The number of aliphatic carboxylic acids is 1. The molecule has 0 spiro atoms. The van der Waals surface area contributed by atoms with E-state index in [-0.39, 0.29) is 19.5 Å². The third-order valence-electron chi connectivity index (χ3n) is 2.59. The molecule has 0 fully saturated rings. The summed E-state index contributed by atoms with van der Waals surface area (Å²) in [5, 5.41) is 17.2. The van der Waals surface area contributed by atoms with Crippen molar-refractivity contribution in [2.75, 3.05) is 13.6 Å². The molecule has 20 heavy (non-hydrogen) atoms. The zero-order valence-corrected chi connectivity index (χ0v) is 11.7. The molecule has 8 heteroatoms. The second-order valence-corrected chi connectivity index (χ2v) is 5.96. The highest BCUT2D eigenvalue weighted by atomic mass is 32.2. The predicted molar refractivity (Wildman–Crippen MR) is 71.8 cm³/mol. The summed E-state index contributed by atoms with van der Waals surface area (Å²) in [5.41, 5.74) is 1.20. The van der Waals surface area contributed by atoms with E-state index < -0.39 is 16.2 Å². The van der Waals surface area contributed by atoms with Gasteiger partial charge < -0.3 is 5.11 Å². The van der Waals surface area contributed by atoms with Gasteiger partial charge in [0.2, 0.25) is 0 Å². The standard InChI is InChI=1S/C12H15N3O4S/c1-15(7-6-12(16)17)20(18,19)14-9-11-4-2-10(8-13)3-5-11/h2-5,14H,6-7,9H2,1H3,(H,16,17). The van der Waals surface area contributed by atoms with Crippen LogP contribution in [-0.4, -0.2) is 37.4 Å². The van der Waals surface area contributed by atoms with Crippen LogP contribution in [0.15, 0.2) is 24.3 Å². The molecule has 7 nitrogen and oxygen atoms in total. The zero-order chi connectivity index (χ0) is 15.2. The molecular formula is C12H15N3O4S. The van der Waals surface area contributed by atoms with Gasteiger partial charge >= 0.3 is 5.97 Å². The van der Waals surface area contributed by atoms with Gasteiger partial charge in [-0.05, 0) is 17.7 Å². The smallest absolute Gasteiger partial charge is 0.304 e. The van der Waals surface area contributed by atoms with Crippen LogP contribution in [0.1, 0.15) is 17.5 Å². The number of carboxylic acids is 1. The Kier molecular flexibility index (Phi) is 5.64. The monoisotopic (exact) mass is 297 g/mol. The van der Waals surface area contributed by atoms with Crippen molar-refractivity contribution >= 4 is 16.2 Å². The third kappa shape index (κ3) is 4.97. The highest BCUT2D eigenvalue weighted by molar-refractivity contribution is 7.87. The minimum absolute atomic E-state index is 0.0749. The molecule has 0 amide bonds. The lowest BCUT2D eigenvalue weighted by Gasteiger charge is -2.16. The van der Waals surface area contributed by atoms with Crippen molar-refractivity contribution in [1.82, 2.24) is 9.03 Å². The van der Waals surface area contributed by atoms with E-state index in [1.165, 1.54) is 7.05 Å². The number of nitrogens with one attached hydrogen (secondary N) is 1. The topological polar surface area (TPSA) is 110 Å². The number of benzene rings is 1. The van der Waals surface area contributed by atoms with Gasteiger partial charge in [-0.1, -0.05) is 12.1 Å². The summed E-state index contributed by atoms with van der Waals surface area (Å²) in [6.07, 6.45) is -0.256. The molecule has 0 aliphatic carbocycles. The Morgan fingerprint density at radius 1 is 1.40 bits per heavy atom. The minimum Gasteiger partial charge on any atom is -0.481 e. The fraction of sp³-hybridized carbons (Fsp3) is 0.333. The summed E-state index contributed by atoms with van der Waals surface area (Å²) < 4.78 is 26.9. The van der Waals surface area contributed by atoms with E-state index in [1.54, 1.807) is 24.3 Å². The maximum atomic E-state index is 11.8. The van der Waals surface area contributed by atoms with Gasteiger partial charge in [0.05, 0.1) is 18.1 Å². The van der Waals surface area contributed by atoms with E-state index in [4.69, 9.17) is 10.4 Å². The normalized spacial score (nSPS) is 11.2. The van der Waals surface area contributed by atoms with E-state index in [9.17, 15) is 13.2 Å². The largest absolute Gasteiger partial charge is 0.481 e. The van der Waals surface area contributed by atoms with Crippen LogP contribution in [0.25, 0.3) is 0 Å². The summed E-state index contributed by atoms with van der Waals surface area (Å²) >= 11 is 0. The van der Waals surface area contributed by atoms with Crippen molar-refractivity contribution in [3.63, 3.8) is 0 Å². The highest BCUT2D eigenvalue weighted by Gasteiger charge is 2.17. The van der Waals surface area contributed by atoms with Gasteiger partial charge in [-0.25, -0.2) is 0 Å². The van der Waals surface area contributed by atoms with Crippen molar-refractivity contribution in [3.8, 4) is 6.07 Å². The summed E-state index contributed by atoms with van der Waals surface area (Å²) in [6.45, 7) is -0.0243. The third-order valence-corrected chi connectivity index (χ3v) is 4.10. The van der Waals surface area contributed by atoms with Crippen LogP contribution < -0.4 is 4.72 Å². The minimum atomic E-state index is -3.71. The maximum absolute atomic E-state index is 11.8. The van der Waals surface area contributed by atoms with E-state index in [0.717, 1.165) is 4.31 Å². The Morgan fingerprint density at radius 2 is 2.00 bits per heavy atom. The van der Waals surface area contributed by atoms with Crippen molar-refractivity contribution in [2.24, 2.45) is 0 Å². The Bertz CT molecular complexity index is 605. The molecule has 0 aliphatic heterocycles. The van der Waals surface area contributed by atoms with Gasteiger partial charge in [0.25, 0.3) is 10.2 Å². The molecule has 0 aliphatic rings. The number of rotatable bonds is 7. The van der Waals surface area contributed by atoms with Gasteiger partial charge in [0.1, 0.15) is 0 Å². The first-order chi connectivity index (χ1) is 9.35. The fourth-order valence-corrected chi connectivity index (χ4v) is 2.26. The summed E-state index contributed by atoms with van der Waals surface area (Å²) in [4.78, 5) is 10.4. The van der Waals surface area contributed by atoms with Crippen molar-refractivity contribution in [3.05, 3.63) is 35.4 Å². The molecule has 1 aromatic carbocycles. The molecule has 0 aromatic heterocycles. The summed E-state index contributed by atoms with van der Waals surface area (Å²) in [5.74, 6) is -1.06. The number of nitrogens with zero attached hydrogens (tertiary/aromatic N) is 2. The molecule has 1 aromatic rings. The molecule has 0 atom stereocenters. The first kappa shape index (κ1) is 16.1. The van der Waals surface area contributed by atoms with E-state index in [2.05, 4.69) is 4.72 Å². The van der Waals surface area contributed by atoms with Gasteiger partial charge in [-0.15, -0.1) is 0 Å². The van der Waals surface area contributed by atoms with Crippen LogP contribution in [0.4, 0.5) is 0 Å². The Hall–Kier alpha value is -1.95. The fourth-order valence-electron chi connectivity index (χ4n) is 1.36. The summed E-state index contributed by atoms with van der Waals surface area (Å²) in [6, 6.07) is 8.46. The average Bonchev–Trinajstić information content (AvgIpc) is 2.43. The molecule has 0 saturated carbocycles. The Labute approximate surface area is 117 Å². The molecule has 0 heterocycles. The Balaban J connectivity index is 2.58. The lowest BCUT2D eigenvalue weighted by molar-refractivity contribution is -0.137. The lowest BCUT2D eigenvalue weighted by Crippen LogP contribution is -2.38. The van der Waals surface area contributed by atoms with Gasteiger partial charge in [0, 0.05) is 20.1 Å². The highest BCUT2D eigenvalue weighted by Crippen LogP contribution is 2.04. The number of hydrogen-bond acceptors (Lipinski definition) is 4. The van der Waals surface area contributed by atoms with Crippen LogP contribution in [0.5, 0.6) is 0 Å². The number of nitriles is 1. The molecular weight excluding hydrogens is 282 g/mol. The van der Waals surface area contributed by atoms with Crippen LogP contribution in [-0.2, 0) is 21.5 Å². The van der Waals surface area contributed by atoms with Crippen LogP contribution >= 0.6 is 0 Å². The molecule has 0 radical (unpaired) electrons. The van der Waals surface area contributed by atoms with Crippen LogP contribution in [0.3, 0.4) is 0 Å². The number of carboxylic acid groups (broad SMARTS) is 1. The molecule has 0 unspecified atom stereocenters. The first-order valence-electron chi connectivity index (χ1n) is 5.77. The zero-order valence-electron chi connectivity index (χ0n) is 10.9. The average molecular weight is 297 g/mol. The van der Waals surface area contributed by atoms with Crippen LogP contribution in [0, 0.1) is 11.3 Å². The first-order valence-corrected chi connectivity index (χ1v) is 7.21. The SMILES string of the molecule is CN(CCC(=O)O)S(=O)(=O)NCc1ccc(C#N)cc1. The molecule has 0 saturated heterocycles. The summed E-state index contributed by atoms with van der Waals surface area (Å²) in [7, 11) is -2.41. The number of hydrogen-bond donors (Lipinski definition) is 2. The van der Waals surface area contributed by atoms with Crippen molar-refractivity contribution in [2.45, 2.75) is 13.0 Å². The second kappa shape index (κ2) is 7.00. The molecule has 2 N–H and O–H groups in total. The van der Waals surface area contributed by atoms with E-state index in [1.807, 2.05) is 6.07 Å². The maximum Gasteiger partial charge on any atom is 0.304 e. The predicted octanol–water partition coefficient (Wildman–Crippen LogP) is 0.299. The van der Waals surface area contributed by atoms with E-state index in [0.29, 0.717) is 11.1 Å². The van der Waals surface area contributed by atoms with Gasteiger partial charge in [-0.3, -0.25) is 4.79 Å². The van der Waals surface area contributed by atoms with Crippen LogP contribution in [0.2, 0.25) is 0 Å². The number of carbonyl (C=O) groups is 1. The van der Waals surface area contributed by atoms with Crippen molar-refractivity contribution in [1.29, 1.82) is 5.26 Å². The molecule has 0 bridgehead atoms. The van der Waals surface area contributed by atoms with Gasteiger partial charge in [0.15, 0.2) is 0 Å². The lowest BCUT2D eigenvalue weighted by atomic mass is 10.1. The van der Waals surface area contributed by atoms with Crippen molar-refractivity contribution < 1.29 is 18.3 Å². The second-order valence-electron chi connectivity index (χ2n) is 4.10. The molecule has 108 valence electrons. The van der Waals surface area contributed by atoms with E-state index >= 15 is 0 Å². The van der Waals surface area contributed by atoms with Gasteiger partial charge in [-0.2, -0.15) is 22.7 Å². The molecule has 1 rings (SSSR count). The Morgan fingerprint density at radius 3 is 2.50 bits per heavy atom.